The van der Waals surface area contributed by atoms with Crippen molar-refractivity contribution in [2.24, 2.45) is 5.92 Å². The quantitative estimate of drug-likeness (QED) is 0.491. The number of carbonyl (C=O) groups excluding carboxylic acids is 3. The molecule has 2 heterocycles. The van der Waals surface area contributed by atoms with Gasteiger partial charge in [0.15, 0.2) is 11.4 Å². The number of nitrogens with zero attached hydrogens (tertiary/aromatic N) is 3. The van der Waals surface area contributed by atoms with E-state index >= 15 is 0 Å². The average Bonchev–Trinajstić information content (AvgIpc) is 3.35. The summed E-state index contributed by atoms with van der Waals surface area (Å²) in [6, 6.07) is 16.2. The Labute approximate surface area is 185 Å². The molecule has 3 aromatic rings. The number of rotatable bonds is 4. The van der Waals surface area contributed by atoms with E-state index in [1.165, 1.54) is 15.8 Å². The second-order valence-electron chi connectivity index (χ2n) is 6.97. The summed E-state index contributed by atoms with van der Waals surface area (Å²) in [5.41, 5.74) is 5.69. The molecule has 1 aromatic heterocycles. The number of carbonyl (C=O) groups is 3. The monoisotopic (exact) mass is 483 g/mol. The molecule has 31 heavy (non-hydrogen) atoms. The van der Waals surface area contributed by atoms with Crippen molar-refractivity contribution in [2.45, 2.75) is 6.42 Å². The average molecular weight is 484 g/mol. The van der Waals surface area contributed by atoms with Gasteiger partial charge in [0.05, 0.1) is 17.8 Å². The number of aromatic hydroxyl groups is 1. The Hall–Kier alpha value is -3.66. The molecule has 158 valence electrons. The highest BCUT2D eigenvalue weighted by Crippen LogP contribution is 2.27. The van der Waals surface area contributed by atoms with Gasteiger partial charge >= 0.3 is 0 Å². The van der Waals surface area contributed by atoms with Crippen molar-refractivity contribution < 1.29 is 19.5 Å². The van der Waals surface area contributed by atoms with Gasteiger partial charge in [-0.05, 0) is 30.3 Å². The summed E-state index contributed by atoms with van der Waals surface area (Å²) in [6.45, 7) is 0.199. The van der Waals surface area contributed by atoms with E-state index in [9.17, 15) is 19.5 Å². The normalized spacial score (nSPS) is 15.7. The SMILES string of the molecule is O=C(NNC(=O)C1CC(=O)N(c2cccc(Br)c2)C1)c1nn(-c2ccccc2)cc1O. The van der Waals surface area contributed by atoms with Gasteiger partial charge in [-0.2, -0.15) is 5.10 Å². The zero-order valence-corrected chi connectivity index (χ0v) is 17.7. The molecular formula is C21H18BrN5O4. The summed E-state index contributed by atoms with van der Waals surface area (Å²) in [7, 11) is 0. The van der Waals surface area contributed by atoms with Gasteiger partial charge in [-0.25, -0.2) is 4.68 Å². The van der Waals surface area contributed by atoms with E-state index in [1.807, 2.05) is 12.1 Å². The summed E-state index contributed by atoms with van der Waals surface area (Å²) >= 11 is 3.37. The number of aromatic nitrogens is 2. The molecule has 0 bridgehead atoms. The minimum absolute atomic E-state index is 0.0299. The van der Waals surface area contributed by atoms with Gasteiger partial charge in [0.25, 0.3) is 5.91 Å². The number of hydrogen-bond donors (Lipinski definition) is 3. The Morgan fingerprint density at radius 3 is 2.55 bits per heavy atom. The van der Waals surface area contributed by atoms with Gasteiger partial charge in [0.2, 0.25) is 11.8 Å². The maximum atomic E-state index is 12.5. The first kappa shape index (κ1) is 20.6. The zero-order chi connectivity index (χ0) is 22.0. The highest BCUT2D eigenvalue weighted by atomic mass is 79.9. The van der Waals surface area contributed by atoms with Crippen LogP contribution in [0.5, 0.6) is 5.75 Å². The maximum Gasteiger partial charge on any atom is 0.294 e. The molecule has 1 atom stereocenters. The first-order valence-corrected chi connectivity index (χ1v) is 10.2. The summed E-state index contributed by atoms with van der Waals surface area (Å²) in [4.78, 5) is 38.7. The predicted octanol–water partition coefficient (Wildman–Crippen LogP) is 2.15. The van der Waals surface area contributed by atoms with Gasteiger partial charge in [0, 0.05) is 23.1 Å². The zero-order valence-electron chi connectivity index (χ0n) is 16.2. The highest BCUT2D eigenvalue weighted by Gasteiger charge is 2.35. The largest absolute Gasteiger partial charge is 0.504 e. The Kier molecular flexibility index (Phi) is 5.72. The number of hydrogen-bond acceptors (Lipinski definition) is 5. The van der Waals surface area contributed by atoms with Gasteiger partial charge in [-0.3, -0.25) is 25.2 Å². The number of para-hydroxylation sites is 1. The van der Waals surface area contributed by atoms with Crippen LogP contribution in [-0.2, 0) is 9.59 Å². The molecular weight excluding hydrogens is 466 g/mol. The molecule has 1 aliphatic heterocycles. The third-order valence-electron chi connectivity index (χ3n) is 4.85. The smallest absolute Gasteiger partial charge is 0.294 e. The Bertz CT molecular complexity index is 1150. The third-order valence-corrected chi connectivity index (χ3v) is 5.34. The molecule has 2 aromatic carbocycles. The van der Waals surface area contributed by atoms with Gasteiger partial charge < -0.3 is 10.0 Å². The van der Waals surface area contributed by atoms with Crippen LogP contribution in [0, 0.1) is 5.92 Å². The van der Waals surface area contributed by atoms with Crippen LogP contribution in [0.1, 0.15) is 16.9 Å². The van der Waals surface area contributed by atoms with Crippen molar-refractivity contribution in [3.05, 3.63) is 71.0 Å². The van der Waals surface area contributed by atoms with E-state index in [0.29, 0.717) is 11.4 Å². The van der Waals surface area contributed by atoms with E-state index in [4.69, 9.17) is 0 Å². The molecule has 1 aliphatic rings. The van der Waals surface area contributed by atoms with Crippen LogP contribution in [-0.4, -0.2) is 39.2 Å². The van der Waals surface area contributed by atoms with E-state index in [1.54, 1.807) is 42.5 Å². The number of benzene rings is 2. The molecule has 0 aliphatic carbocycles. The number of hydrazine groups is 1. The van der Waals surface area contributed by atoms with E-state index in [-0.39, 0.29) is 30.3 Å². The van der Waals surface area contributed by atoms with Crippen LogP contribution in [0.15, 0.2) is 65.3 Å². The molecule has 4 rings (SSSR count). The van der Waals surface area contributed by atoms with Crippen LogP contribution < -0.4 is 15.8 Å². The standard InChI is InChI=1S/C21H18BrN5O4/c22-14-5-4-8-16(10-14)26-11-13(9-18(26)29)20(30)23-24-21(31)19-17(28)12-27(25-19)15-6-2-1-3-7-15/h1-8,10,12-13,28H,9,11H2,(H,23,30)(H,24,31). The lowest BCUT2D eigenvalue weighted by Gasteiger charge is -2.17. The predicted molar refractivity (Wildman–Crippen MR) is 115 cm³/mol. The van der Waals surface area contributed by atoms with Crippen LogP contribution >= 0.6 is 15.9 Å². The van der Waals surface area contributed by atoms with Crippen molar-refractivity contribution in [2.75, 3.05) is 11.4 Å². The molecule has 0 spiro atoms. The highest BCUT2D eigenvalue weighted by molar-refractivity contribution is 9.10. The second-order valence-corrected chi connectivity index (χ2v) is 7.89. The lowest BCUT2D eigenvalue weighted by molar-refractivity contribution is -0.126. The summed E-state index contributed by atoms with van der Waals surface area (Å²) in [5, 5.41) is 14.1. The second kappa shape index (κ2) is 8.60. The minimum Gasteiger partial charge on any atom is -0.504 e. The number of nitrogens with one attached hydrogen (secondary N) is 2. The molecule has 1 fully saturated rings. The lowest BCUT2D eigenvalue weighted by Crippen LogP contribution is -2.45. The molecule has 1 saturated heterocycles. The van der Waals surface area contributed by atoms with Crippen molar-refractivity contribution in [1.82, 2.24) is 20.6 Å². The van der Waals surface area contributed by atoms with Crippen molar-refractivity contribution >= 4 is 39.3 Å². The Morgan fingerprint density at radius 1 is 1.06 bits per heavy atom. The number of amides is 3. The molecule has 3 amide bonds. The van der Waals surface area contributed by atoms with E-state index in [0.717, 1.165) is 4.47 Å². The van der Waals surface area contributed by atoms with Crippen LogP contribution in [0.4, 0.5) is 5.69 Å². The fourth-order valence-electron chi connectivity index (χ4n) is 3.30. The number of halogens is 1. The topological polar surface area (TPSA) is 117 Å². The van der Waals surface area contributed by atoms with Crippen molar-refractivity contribution in [1.29, 1.82) is 0 Å². The van der Waals surface area contributed by atoms with Crippen molar-refractivity contribution in [3.8, 4) is 11.4 Å². The Balaban J connectivity index is 1.37. The molecule has 9 nitrogen and oxygen atoms in total. The molecule has 10 heteroatoms. The fourth-order valence-corrected chi connectivity index (χ4v) is 3.68. The van der Waals surface area contributed by atoms with Crippen molar-refractivity contribution in [3.63, 3.8) is 0 Å². The van der Waals surface area contributed by atoms with Gasteiger partial charge in [0.1, 0.15) is 0 Å². The van der Waals surface area contributed by atoms with Gasteiger partial charge in [-0.1, -0.05) is 40.2 Å². The lowest BCUT2D eigenvalue weighted by atomic mass is 10.1. The summed E-state index contributed by atoms with van der Waals surface area (Å²) in [5.74, 6) is -2.39. The molecule has 3 N–H and O–H groups in total. The maximum absolute atomic E-state index is 12.5. The van der Waals surface area contributed by atoms with E-state index in [2.05, 4.69) is 31.9 Å². The number of anilines is 1. The first-order valence-electron chi connectivity index (χ1n) is 9.42. The first-order chi connectivity index (χ1) is 14.9. The third kappa shape index (κ3) is 4.43. The van der Waals surface area contributed by atoms with Crippen LogP contribution in [0.25, 0.3) is 5.69 Å². The molecule has 1 unspecified atom stereocenters. The van der Waals surface area contributed by atoms with Crippen LogP contribution in [0.2, 0.25) is 0 Å². The van der Waals surface area contributed by atoms with Crippen LogP contribution in [0.3, 0.4) is 0 Å². The minimum atomic E-state index is -0.770. The Morgan fingerprint density at radius 2 is 1.81 bits per heavy atom. The molecule has 0 radical (unpaired) electrons. The van der Waals surface area contributed by atoms with Gasteiger partial charge in [-0.15, -0.1) is 0 Å². The van der Waals surface area contributed by atoms with E-state index < -0.39 is 17.7 Å². The summed E-state index contributed by atoms with van der Waals surface area (Å²) < 4.78 is 2.19. The summed E-state index contributed by atoms with van der Waals surface area (Å²) in [6.07, 6.45) is 1.33. The fraction of sp³-hybridized carbons (Fsp3) is 0.143. The molecule has 0 saturated carbocycles.